The molecule has 0 bridgehead atoms. The Hall–Kier alpha value is -8.85. The highest BCUT2D eigenvalue weighted by Crippen LogP contribution is 2.56. The van der Waals surface area contributed by atoms with Crippen molar-refractivity contribution in [2.75, 3.05) is 0 Å². The average Bonchev–Trinajstić information content (AvgIpc) is 4.20. The molecule has 9 aromatic carbocycles. The SMILES string of the molecule is c1ccc(C2(c3ccccc3)c3ccccc3-c3ccc(-c4nc(-c5cc(-c6nc7ccccc7o6)cc(-c6nc7ccccc7s6)c5)nc(-c5cccc6oc7ccccc7c56)n4)cc32)cc1. The maximum Gasteiger partial charge on any atom is 0.227 e. The standard InChI is InChI=1S/C60H35N5O2S/c1-3-16-40(17-4-1)60(41-18-5-2-6-19-41)46-23-9-7-20-42(46)43-31-30-36(35-47(43)60)55-63-56(65-57(64-55)45-22-15-28-52-54(45)44-21-8-12-26-50(44)66-52)37-32-38(58-61-48-24-10-13-27-51(48)67-58)34-39(33-37)59-62-49-25-11-14-29-53(49)68-59/h1-35H. The molecule has 0 saturated carbocycles. The van der Waals surface area contributed by atoms with Crippen LogP contribution in [0.15, 0.2) is 221 Å². The summed E-state index contributed by atoms with van der Waals surface area (Å²) in [6.07, 6.45) is 0. The van der Waals surface area contributed by atoms with E-state index in [2.05, 4.69) is 140 Å². The monoisotopic (exact) mass is 889 g/mol. The van der Waals surface area contributed by atoms with Gasteiger partial charge in [-0.2, -0.15) is 0 Å². The van der Waals surface area contributed by atoms with Crippen molar-refractivity contribution in [2.24, 2.45) is 0 Å². The van der Waals surface area contributed by atoms with Crippen LogP contribution in [0.25, 0.3) is 111 Å². The summed E-state index contributed by atoms with van der Waals surface area (Å²) in [5.41, 5.74) is 14.7. The summed E-state index contributed by atoms with van der Waals surface area (Å²) in [6, 6.07) is 73.7. The number of nitrogens with zero attached hydrogens (tertiary/aromatic N) is 5. The maximum absolute atomic E-state index is 6.43. The Balaban J connectivity index is 1.04. The second-order valence-corrected chi connectivity index (χ2v) is 18.2. The number of benzene rings is 9. The summed E-state index contributed by atoms with van der Waals surface area (Å²) in [4.78, 5) is 26.3. The molecule has 8 heteroatoms. The molecule has 4 heterocycles. The van der Waals surface area contributed by atoms with Crippen LogP contribution in [0.2, 0.25) is 0 Å². The Bertz CT molecular complexity index is 3920. The number of oxazole rings is 1. The normalized spacial score (nSPS) is 12.8. The van der Waals surface area contributed by atoms with E-state index in [4.69, 9.17) is 33.8 Å². The lowest BCUT2D eigenvalue weighted by molar-refractivity contribution is 0.620. The minimum absolute atomic E-state index is 0.496. The highest BCUT2D eigenvalue weighted by molar-refractivity contribution is 7.21. The summed E-state index contributed by atoms with van der Waals surface area (Å²) in [7, 11) is 0. The first kappa shape index (κ1) is 38.4. The fraction of sp³-hybridized carbons (Fsp3) is 0.0167. The number of para-hydroxylation sites is 4. The lowest BCUT2D eigenvalue weighted by Crippen LogP contribution is -2.28. The van der Waals surface area contributed by atoms with Gasteiger partial charge in [-0.15, -0.1) is 11.3 Å². The molecule has 0 unspecified atom stereocenters. The molecule has 0 radical (unpaired) electrons. The smallest absolute Gasteiger partial charge is 0.227 e. The molecule has 14 rings (SSSR count). The van der Waals surface area contributed by atoms with Crippen molar-refractivity contribution in [1.29, 1.82) is 0 Å². The molecule has 318 valence electrons. The van der Waals surface area contributed by atoms with E-state index in [1.165, 1.54) is 27.8 Å². The Morgan fingerprint density at radius 1 is 0.368 bits per heavy atom. The molecule has 0 spiro atoms. The molecule has 68 heavy (non-hydrogen) atoms. The molecular formula is C60H35N5O2S. The number of furan rings is 1. The van der Waals surface area contributed by atoms with E-state index in [-0.39, 0.29) is 0 Å². The molecule has 1 aliphatic carbocycles. The molecule has 0 N–H and O–H groups in total. The zero-order chi connectivity index (χ0) is 44.8. The van der Waals surface area contributed by atoms with Crippen LogP contribution >= 0.6 is 11.3 Å². The Kier molecular flexibility index (Phi) is 8.53. The Labute approximate surface area is 393 Å². The van der Waals surface area contributed by atoms with E-state index in [1.807, 2.05) is 72.8 Å². The fourth-order valence-electron chi connectivity index (χ4n) is 10.3. The number of hydrogen-bond acceptors (Lipinski definition) is 8. The fourth-order valence-corrected chi connectivity index (χ4v) is 11.2. The van der Waals surface area contributed by atoms with Crippen LogP contribution in [0, 0.1) is 0 Å². The van der Waals surface area contributed by atoms with Crippen molar-refractivity contribution >= 4 is 54.6 Å². The maximum atomic E-state index is 6.43. The van der Waals surface area contributed by atoms with Gasteiger partial charge in [0.25, 0.3) is 0 Å². The predicted molar refractivity (Wildman–Crippen MR) is 272 cm³/mol. The third kappa shape index (κ3) is 5.94. The van der Waals surface area contributed by atoms with E-state index in [9.17, 15) is 0 Å². The van der Waals surface area contributed by atoms with Gasteiger partial charge < -0.3 is 8.83 Å². The summed E-state index contributed by atoms with van der Waals surface area (Å²) >= 11 is 1.64. The van der Waals surface area contributed by atoms with Crippen molar-refractivity contribution in [3.05, 3.63) is 235 Å². The van der Waals surface area contributed by atoms with Crippen molar-refractivity contribution in [3.63, 3.8) is 0 Å². The van der Waals surface area contributed by atoms with Gasteiger partial charge >= 0.3 is 0 Å². The minimum atomic E-state index is -0.607. The summed E-state index contributed by atoms with van der Waals surface area (Å²) in [5, 5.41) is 2.80. The molecule has 0 fully saturated rings. The number of rotatable bonds is 7. The molecule has 0 atom stereocenters. The lowest BCUT2D eigenvalue weighted by atomic mass is 9.67. The van der Waals surface area contributed by atoms with Crippen LogP contribution in [0.3, 0.4) is 0 Å². The number of aromatic nitrogens is 5. The third-order valence-corrected chi connectivity index (χ3v) is 14.4. The first-order valence-corrected chi connectivity index (χ1v) is 23.4. The molecule has 0 saturated heterocycles. The second-order valence-electron chi connectivity index (χ2n) is 17.1. The average molecular weight is 890 g/mol. The van der Waals surface area contributed by atoms with Crippen LogP contribution in [0.5, 0.6) is 0 Å². The number of hydrogen-bond donors (Lipinski definition) is 0. The van der Waals surface area contributed by atoms with Crippen LogP contribution in [0.4, 0.5) is 0 Å². The van der Waals surface area contributed by atoms with Crippen LogP contribution in [-0.2, 0) is 5.41 Å². The Morgan fingerprint density at radius 2 is 0.985 bits per heavy atom. The van der Waals surface area contributed by atoms with Gasteiger partial charge in [-0.3, -0.25) is 0 Å². The summed E-state index contributed by atoms with van der Waals surface area (Å²) in [6.45, 7) is 0. The van der Waals surface area contributed by atoms with Gasteiger partial charge in [0.1, 0.15) is 21.7 Å². The predicted octanol–water partition coefficient (Wildman–Crippen LogP) is 15.2. The Morgan fingerprint density at radius 3 is 1.79 bits per heavy atom. The highest BCUT2D eigenvalue weighted by atomic mass is 32.1. The van der Waals surface area contributed by atoms with Gasteiger partial charge in [-0.05, 0) is 94.0 Å². The van der Waals surface area contributed by atoms with Crippen LogP contribution < -0.4 is 0 Å². The number of thiazole rings is 1. The zero-order valence-electron chi connectivity index (χ0n) is 36.2. The van der Waals surface area contributed by atoms with Crippen LogP contribution in [-0.4, -0.2) is 24.9 Å². The zero-order valence-corrected chi connectivity index (χ0v) is 37.0. The van der Waals surface area contributed by atoms with Gasteiger partial charge in [0.15, 0.2) is 23.1 Å². The van der Waals surface area contributed by atoms with E-state index in [0.717, 1.165) is 76.1 Å². The van der Waals surface area contributed by atoms with Gasteiger partial charge in [-0.1, -0.05) is 152 Å². The highest BCUT2D eigenvalue weighted by Gasteiger charge is 2.46. The quantitative estimate of drug-likeness (QED) is 0.157. The van der Waals surface area contributed by atoms with Gasteiger partial charge in [0.2, 0.25) is 5.89 Å². The molecule has 4 aromatic heterocycles. The molecule has 0 aliphatic heterocycles. The van der Waals surface area contributed by atoms with E-state index in [0.29, 0.717) is 28.9 Å². The minimum Gasteiger partial charge on any atom is -0.456 e. The van der Waals surface area contributed by atoms with Crippen molar-refractivity contribution in [2.45, 2.75) is 5.41 Å². The molecule has 7 nitrogen and oxygen atoms in total. The molecular weight excluding hydrogens is 855 g/mol. The van der Waals surface area contributed by atoms with Crippen LogP contribution in [0.1, 0.15) is 22.3 Å². The topological polar surface area (TPSA) is 90.7 Å². The van der Waals surface area contributed by atoms with Crippen molar-refractivity contribution in [3.8, 4) is 67.3 Å². The van der Waals surface area contributed by atoms with Crippen molar-refractivity contribution < 1.29 is 8.83 Å². The third-order valence-electron chi connectivity index (χ3n) is 13.3. The summed E-state index contributed by atoms with van der Waals surface area (Å²) < 4.78 is 13.9. The van der Waals surface area contributed by atoms with Gasteiger partial charge in [0.05, 0.1) is 15.6 Å². The first-order valence-electron chi connectivity index (χ1n) is 22.6. The first-order chi connectivity index (χ1) is 33.7. The molecule has 13 aromatic rings. The van der Waals surface area contributed by atoms with Gasteiger partial charge in [-0.25, -0.2) is 24.9 Å². The molecule has 0 amide bonds. The van der Waals surface area contributed by atoms with Gasteiger partial charge in [0, 0.05) is 38.6 Å². The second kappa shape index (κ2) is 15.1. The molecule has 1 aliphatic rings. The van der Waals surface area contributed by atoms with E-state index < -0.39 is 5.41 Å². The van der Waals surface area contributed by atoms with E-state index >= 15 is 0 Å². The number of fused-ring (bicyclic) bond motifs is 8. The lowest BCUT2D eigenvalue weighted by Gasteiger charge is -2.34. The summed E-state index contributed by atoms with van der Waals surface area (Å²) in [5.74, 6) is 2.06. The van der Waals surface area contributed by atoms with Crippen molar-refractivity contribution in [1.82, 2.24) is 24.9 Å². The van der Waals surface area contributed by atoms with E-state index in [1.54, 1.807) is 11.3 Å². The largest absolute Gasteiger partial charge is 0.456 e.